The molecule has 0 aliphatic carbocycles. The van der Waals surface area contributed by atoms with Crippen molar-refractivity contribution in [2.24, 2.45) is 10.7 Å². The maximum atomic E-state index is 6.05. The van der Waals surface area contributed by atoms with Crippen LogP contribution in [0.4, 0.5) is 5.69 Å². The molecule has 0 unspecified atom stereocenters. The number of fused-ring (bicyclic) bond motifs is 2. The van der Waals surface area contributed by atoms with Crippen LogP contribution in [0.1, 0.15) is 0 Å². The Kier molecular flexibility index (Phi) is 2.75. The molecule has 0 saturated carbocycles. The molecule has 0 saturated heterocycles. The molecule has 2 heterocycles. The van der Waals surface area contributed by atoms with Crippen molar-refractivity contribution < 1.29 is 0 Å². The van der Waals surface area contributed by atoms with E-state index in [1.165, 1.54) is 11.8 Å². The monoisotopic (exact) mass is 293 g/mol. The molecule has 2 aromatic carbocycles. The van der Waals surface area contributed by atoms with Crippen molar-refractivity contribution in [2.75, 3.05) is 0 Å². The van der Waals surface area contributed by atoms with Gasteiger partial charge in [-0.3, -0.25) is 0 Å². The fraction of sp³-hybridized carbons (Fsp3) is 0. The zero-order valence-electron chi connectivity index (χ0n) is 11.0. The molecule has 102 valence electrons. The Morgan fingerprint density at radius 2 is 1.71 bits per heavy atom. The molecule has 0 spiro atoms. The Hall–Kier alpha value is -2.60. The molecule has 3 aromatic rings. The van der Waals surface area contributed by atoms with Gasteiger partial charge in [0.15, 0.2) is 11.0 Å². The first-order chi connectivity index (χ1) is 10.3. The van der Waals surface area contributed by atoms with E-state index in [4.69, 9.17) is 5.73 Å². The van der Waals surface area contributed by atoms with Crippen LogP contribution in [-0.2, 0) is 0 Å². The number of aliphatic imine (C=N–C) groups is 1. The lowest BCUT2D eigenvalue weighted by Crippen LogP contribution is -2.23. The standard InChI is InChI=1S/C15H11N5S/c16-14-17-11-8-4-5-9-12(11)21-15-18-13(19-20(14)15)10-6-2-1-3-7-10/h1-9H,(H2,16,17). The van der Waals surface area contributed by atoms with Crippen molar-refractivity contribution in [3.8, 4) is 11.4 Å². The maximum absolute atomic E-state index is 6.05. The lowest BCUT2D eigenvalue weighted by molar-refractivity contribution is 0.827. The number of aromatic nitrogens is 3. The van der Waals surface area contributed by atoms with Gasteiger partial charge in [-0.25, -0.2) is 9.98 Å². The minimum Gasteiger partial charge on any atom is -0.368 e. The van der Waals surface area contributed by atoms with Crippen LogP contribution < -0.4 is 5.73 Å². The van der Waals surface area contributed by atoms with Crippen LogP contribution in [0.2, 0.25) is 0 Å². The number of rotatable bonds is 1. The molecule has 0 fully saturated rings. The fourth-order valence-corrected chi connectivity index (χ4v) is 3.04. The van der Waals surface area contributed by atoms with Gasteiger partial charge in [-0.2, -0.15) is 4.68 Å². The highest BCUT2D eigenvalue weighted by molar-refractivity contribution is 7.99. The number of para-hydroxylation sites is 1. The summed E-state index contributed by atoms with van der Waals surface area (Å²) >= 11 is 1.52. The molecule has 6 heteroatoms. The molecular weight excluding hydrogens is 282 g/mol. The van der Waals surface area contributed by atoms with Crippen LogP contribution in [0.15, 0.2) is 69.6 Å². The van der Waals surface area contributed by atoms with Crippen molar-refractivity contribution in [2.45, 2.75) is 10.1 Å². The van der Waals surface area contributed by atoms with Crippen LogP contribution in [0.5, 0.6) is 0 Å². The molecule has 5 nitrogen and oxygen atoms in total. The van der Waals surface area contributed by atoms with E-state index < -0.39 is 0 Å². The summed E-state index contributed by atoms with van der Waals surface area (Å²) in [5.41, 5.74) is 7.85. The second-order valence-corrected chi connectivity index (χ2v) is 5.54. The largest absolute Gasteiger partial charge is 0.368 e. The molecule has 4 rings (SSSR count). The average molecular weight is 293 g/mol. The summed E-state index contributed by atoms with van der Waals surface area (Å²) in [7, 11) is 0. The second-order valence-electron chi connectivity index (χ2n) is 4.54. The third-order valence-electron chi connectivity index (χ3n) is 3.13. The van der Waals surface area contributed by atoms with Crippen molar-refractivity contribution in [1.82, 2.24) is 14.8 Å². The van der Waals surface area contributed by atoms with Crippen molar-refractivity contribution >= 4 is 23.4 Å². The van der Waals surface area contributed by atoms with Crippen LogP contribution in [0, 0.1) is 0 Å². The fourth-order valence-electron chi connectivity index (χ4n) is 2.13. The van der Waals surface area contributed by atoms with Gasteiger partial charge in [-0.15, -0.1) is 5.10 Å². The highest BCUT2D eigenvalue weighted by Crippen LogP contribution is 2.36. The third-order valence-corrected chi connectivity index (χ3v) is 4.14. The van der Waals surface area contributed by atoms with Crippen LogP contribution in [-0.4, -0.2) is 20.7 Å². The van der Waals surface area contributed by atoms with E-state index in [1.807, 2.05) is 54.6 Å². The maximum Gasteiger partial charge on any atom is 0.224 e. The minimum atomic E-state index is 0.331. The second kappa shape index (κ2) is 4.75. The Bertz CT molecular complexity index is 838. The lowest BCUT2D eigenvalue weighted by Gasteiger charge is -1.99. The molecule has 0 amide bonds. The van der Waals surface area contributed by atoms with Gasteiger partial charge < -0.3 is 5.73 Å². The zero-order chi connectivity index (χ0) is 14.2. The topological polar surface area (TPSA) is 69.1 Å². The van der Waals surface area contributed by atoms with Gasteiger partial charge in [-0.1, -0.05) is 42.5 Å². The van der Waals surface area contributed by atoms with Crippen LogP contribution in [0.25, 0.3) is 11.4 Å². The van der Waals surface area contributed by atoms with Crippen molar-refractivity contribution in [3.05, 3.63) is 54.6 Å². The molecule has 1 aliphatic heterocycles. The lowest BCUT2D eigenvalue weighted by atomic mass is 10.2. The van der Waals surface area contributed by atoms with Gasteiger partial charge in [0.05, 0.1) is 5.69 Å². The molecule has 21 heavy (non-hydrogen) atoms. The van der Waals surface area contributed by atoms with E-state index in [2.05, 4.69) is 15.1 Å². The first-order valence-electron chi connectivity index (χ1n) is 6.45. The highest BCUT2D eigenvalue weighted by atomic mass is 32.2. The summed E-state index contributed by atoms with van der Waals surface area (Å²) in [4.78, 5) is 10.0. The molecule has 0 radical (unpaired) electrons. The molecule has 0 bridgehead atoms. The van der Waals surface area contributed by atoms with Gasteiger partial charge in [0.1, 0.15) is 0 Å². The third kappa shape index (κ3) is 2.09. The van der Waals surface area contributed by atoms with E-state index in [0.29, 0.717) is 11.8 Å². The first kappa shape index (κ1) is 12.2. The summed E-state index contributed by atoms with van der Waals surface area (Å²) in [6.07, 6.45) is 0. The Morgan fingerprint density at radius 3 is 2.57 bits per heavy atom. The van der Waals surface area contributed by atoms with Crippen molar-refractivity contribution in [1.29, 1.82) is 0 Å². The van der Waals surface area contributed by atoms with Gasteiger partial charge in [0.25, 0.3) is 0 Å². The van der Waals surface area contributed by atoms with Gasteiger partial charge in [0, 0.05) is 10.5 Å². The molecular formula is C15H11N5S. The van der Waals surface area contributed by atoms with E-state index in [-0.39, 0.29) is 0 Å². The normalized spacial score (nSPS) is 13.0. The van der Waals surface area contributed by atoms with Crippen molar-refractivity contribution in [3.63, 3.8) is 0 Å². The Labute approximate surface area is 125 Å². The SMILES string of the molecule is NC1=Nc2ccccc2Sc2nc(-c3ccccc3)nn21. The molecule has 2 N–H and O–H groups in total. The predicted octanol–water partition coefficient (Wildman–Crippen LogP) is 2.90. The number of nitrogens with two attached hydrogens (primary N) is 1. The number of hydrogen-bond donors (Lipinski definition) is 1. The smallest absolute Gasteiger partial charge is 0.224 e. The zero-order valence-corrected chi connectivity index (χ0v) is 11.8. The summed E-state index contributed by atoms with van der Waals surface area (Å²) in [6.45, 7) is 0. The minimum absolute atomic E-state index is 0.331. The molecule has 1 aromatic heterocycles. The van der Waals surface area contributed by atoms with E-state index in [0.717, 1.165) is 21.3 Å². The summed E-state index contributed by atoms with van der Waals surface area (Å²) in [5, 5.41) is 5.20. The van der Waals surface area contributed by atoms with Gasteiger partial charge in [-0.05, 0) is 23.9 Å². The van der Waals surface area contributed by atoms with E-state index in [1.54, 1.807) is 4.68 Å². The van der Waals surface area contributed by atoms with Gasteiger partial charge in [0.2, 0.25) is 5.96 Å². The number of benzene rings is 2. The Morgan fingerprint density at radius 1 is 0.952 bits per heavy atom. The molecule has 1 aliphatic rings. The van der Waals surface area contributed by atoms with Crippen LogP contribution in [0.3, 0.4) is 0 Å². The Balaban J connectivity index is 1.85. The number of hydrogen-bond acceptors (Lipinski definition) is 5. The molecule has 0 atom stereocenters. The van der Waals surface area contributed by atoms with Gasteiger partial charge >= 0.3 is 0 Å². The van der Waals surface area contributed by atoms with E-state index >= 15 is 0 Å². The summed E-state index contributed by atoms with van der Waals surface area (Å²) in [5.74, 6) is 0.979. The van der Waals surface area contributed by atoms with Crippen LogP contribution >= 0.6 is 11.8 Å². The van der Waals surface area contributed by atoms with E-state index in [9.17, 15) is 0 Å². The first-order valence-corrected chi connectivity index (χ1v) is 7.27. The number of nitrogens with zero attached hydrogens (tertiary/aromatic N) is 4. The summed E-state index contributed by atoms with van der Waals surface area (Å²) < 4.78 is 1.59. The highest BCUT2D eigenvalue weighted by Gasteiger charge is 2.19. The predicted molar refractivity (Wildman–Crippen MR) is 82.7 cm³/mol. The summed E-state index contributed by atoms with van der Waals surface area (Å²) in [6, 6.07) is 17.7. The average Bonchev–Trinajstić information content (AvgIpc) is 2.89. The quantitative estimate of drug-likeness (QED) is 0.749.